The van der Waals surface area contributed by atoms with Crippen molar-refractivity contribution < 1.29 is 308 Å². The lowest BCUT2D eigenvalue weighted by Gasteiger charge is -2.50. The molecule has 752 valence electrons. The fourth-order valence-electron chi connectivity index (χ4n) is 13.9. The number of ether oxygens (including phenoxy) is 16. The van der Waals surface area contributed by atoms with Crippen LogP contribution in [0.25, 0.3) is 0 Å². The third-order valence-electron chi connectivity index (χ3n) is 18.9. The van der Waals surface area contributed by atoms with E-state index in [9.17, 15) is 207 Å². The zero-order valence-electron chi connectivity index (χ0n) is 63.2. The number of amides is 1. The highest BCUT2D eigenvalue weighted by molar-refractivity contribution is 7.84. The van der Waals surface area contributed by atoms with Crippen LogP contribution in [0.4, 0.5) is 0 Å². The van der Waals surface area contributed by atoms with Gasteiger partial charge in [-0.3, -0.25) is 45.8 Å². The SMILES string of the molecule is CC(=O)N[C@H]1[C@@H](O[C@H]2[C@H](O)[C@@H](O)[C@H](O[C@H]3[C@H](OS(=O)(=O)O)[C@@H](NS(=O)(=O)O)[C@@H](O[C@H]4[C@H](O)[C@@H](OS(=O)(=O)O)[C@H](O[C@H]5[C@H](O)[C@H](NS(=O)(=O)O)[C@@H]6OC[C@H]5O6)O[C@H]4C(=O)O)O[C@@H]3COS(=O)(=O)O)O[C@@H]2C(=O)O)O[C@H](COS(=O)(=O)O)[C@@H](O[C@@H]2O[C@@H](C(=O)O)[C@@H](O[C@H]3O[C@H](COS(=O)(=O)O)[C@@H](O[C@@H]4OC(C(=O)O)=C[C@H](O)[C@H]4OS(=O)(=O)O)[C@H](O)[C@H]3NS(=O)(=O)O)[C@H](O)[C@H]2O)[C@@H]1O. The Hall–Kier alpha value is -5.24. The predicted octanol–water partition coefficient (Wildman–Crippen LogP) is -18.6. The van der Waals surface area contributed by atoms with Gasteiger partial charge >= 0.3 is 117 Å². The molecular weight excluding hydrogens is 2020 g/mol. The Morgan fingerprint density at radius 1 is 0.346 bits per heavy atom. The second kappa shape index (κ2) is 41.6. The second-order valence-electron chi connectivity index (χ2n) is 27.9. The van der Waals surface area contributed by atoms with Crippen LogP contribution in [0.15, 0.2) is 11.8 Å². The lowest BCUT2D eigenvalue weighted by molar-refractivity contribution is -0.379. The number of aliphatic carboxylic acids is 4. The molecule has 9 rings (SSSR count). The molecule has 0 aromatic rings. The number of fused-ring (bicyclic) bond motifs is 2. The maximum atomic E-state index is 13.4. The summed E-state index contributed by atoms with van der Waals surface area (Å²) in [6, 6.07) is -10.8. The second-order valence-corrected chi connectivity index (χ2v) is 37.9. The third-order valence-corrected chi connectivity index (χ3v) is 23.3. The number of nitrogens with one attached hydrogen (secondary N) is 4. The van der Waals surface area contributed by atoms with Gasteiger partial charge in [0.15, 0.2) is 74.6 Å². The van der Waals surface area contributed by atoms with Crippen molar-refractivity contribution in [1.29, 1.82) is 0 Å². The Bertz CT molecular complexity index is 5190. The van der Waals surface area contributed by atoms with Crippen molar-refractivity contribution >= 4 is 123 Å². The predicted molar refractivity (Wildman–Crippen MR) is 373 cm³/mol. The number of carbonyl (C=O) groups excluding carboxylic acids is 1. The van der Waals surface area contributed by atoms with Crippen LogP contribution in [0.2, 0.25) is 0 Å². The number of hydrogen-bond acceptors (Lipinski definition) is 54. The zero-order chi connectivity index (χ0) is 97.8. The Labute approximate surface area is 725 Å². The van der Waals surface area contributed by atoms with Crippen LogP contribution < -0.4 is 19.5 Å². The smallest absolute Gasteiger partial charge is 0.397 e. The van der Waals surface area contributed by atoms with Gasteiger partial charge in [0.2, 0.25) is 18.0 Å². The monoisotopic (exact) mass is 2090 g/mol. The standard InChI is InChI=1S/C50H76N4O67S9/c1-7(55)51-14-18(57)28(109-47-23(62)21(60)33(37(116-47)41(69)70)114-45-16(53-123(76,77)78)20(59)29(12(107-45)5-102-126(85,86)87)110-49-26(119-128(91,92)93)8(56)2-9(104-49)39(65)66)11(4-101-125(82,83)84)106-44(14)113-32-22(61)24(63)48(117-36(32)40(67)68)112-30-13(6-103-127(88,89)90)108-46(17(54-124(79,80)81)31(30)120-129(94,95)96)115-34-25(64)35(121-130(97,98)99)50(118-38(34)42(71)72)111-27-10-3-100-43(105-10)15(19(27)58)52-122(73,74)75/h2,8,10-38,43-50,52-54,56-64H,3-6H2,1H3,(H,51,55)(H,65,66)(H,67,68)(H,69,70)(H,71,72)(H,73,74,75)(H,76,77,78)(H,79,80,81)(H,82,83,84)(H,85,86,87)(H,88,89,90)(H,91,92,93)(H,94,95,96)(H,97,98,99)/t8-,10+,11+,12+,13+,14+,15-,16+,17+,18+,19+,20+,21+,22+,23+,24+,25-,26+,27+,28+,29+,30+,31+,32-,33-,34-,35+,36-,37+,38+,43+,44+,45+,46+,47+,48+,49-,50+/m0/s1. The Kier molecular flexibility index (Phi) is 34.7. The van der Waals surface area contributed by atoms with Crippen molar-refractivity contribution in [3.8, 4) is 0 Å². The van der Waals surface area contributed by atoms with E-state index >= 15 is 0 Å². The first-order chi connectivity index (χ1) is 59.4. The minimum absolute atomic E-state index is 0.228. The molecule has 9 aliphatic rings. The summed E-state index contributed by atoms with van der Waals surface area (Å²) in [6.07, 6.45) is -97.3. The van der Waals surface area contributed by atoms with Crippen LogP contribution in [0, 0.1) is 0 Å². The number of hydrogen-bond donors (Lipinski definition) is 26. The highest BCUT2D eigenvalue weighted by Gasteiger charge is 2.64. The van der Waals surface area contributed by atoms with E-state index < -0.39 is 388 Å². The van der Waals surface area contributed by atoms with Gasteiger partial charge in [0.05, 0.1) is 26.4 Å². The molecule has 2 bridgehead atoms. The van der Waals surface area contributed by atoms with Crippen LogP contribution in [0.3, 0.4) is 0 Å². The van der Waals surface area contributed by atoms with Crippen LogP contribution in [0.5, 0.6) is 0 Å². The molecule has 0 aromatic heterocycles. The Morgan fingerprint density at radius 3 is 1.09 bits per heavy atom. The first-order valence-corrected chi connectivity index (χ1v) is 47.4. The van der Waals surface area contributed by atoms with Crippen LogP contribution in [-0.4, -0.2) is 473 Å². The fraction of sp³-hybridized carbons (Fsp3) is 0.860. The Morgan fingerprint density at radius 2 is 0.685 bits per heavy atom. The quantitative estimate of drug-likeness (QED) is 0.0253. The highest BCUT2D eigenvalue weighted by atomic mass is 32.3. The van der Waals surface area contributed by atoms with Crippen molar-refractivity contribution in [1.82, 2.24) is 19.5 Å². The molecule has 80 heteroatoms. The summed E-state index contributed by atoms with van der Waals surface area (Å²) < 4.78 is 426. The summed E-state index contributed by atoms with van der Waals surface area (Å²) in [5.74, 6) is -12.2. The van der Waals surface area contributed by atoms with E-state index in [0.29, 0.717) is 6.92 Å². The van der Waals surface area contributed by atoms with E-state index in [1.165, 1.54) is 9.44 Å². The summed E-state index contributed by atoms with van der Waals surface area (Å²) in [5, 5.41) is 148. The molecule has 1 amide bonds. The molecule has 71 nitrogen and oxygen atoms in total. The van der Waals surface area contributed by atoms with Gasteiger partial charge in [-0.25, -0.2) is 44.3 Å². The van der Waals surface area contributed by atoms with Gasteiger partial charge < -0.3 is 147 Å². The molecule has 38 atom stereocenters. The van der Waals surface area contributed by atoms with Crippen molar-refractivity contribution in [3.63, 3.8) is 0 Å². The third kappa shape index (κ3) is 28.7. The number of rotatable bonds is 40. The topological polar surface area (TPSA) is 1090 Å². The molecule has 8 saturated heterocycles. The molecule has 8 fully saturated rings. The summed E-state index contributed by atoms with van der Waals surface area (Å²) >= 11 is 0. The first-order valence-electron chi connectivity index (χ1n) is 34.9. The number of carbonyl (C=O) groups is 5. The van der Waals surface area contributed by atoms with Gasteiger partial charge in [-0.2, -0.15) is 89.9 Å². The molecule has 9 heterocycles. The molecule has 0 saturated carbocycles. The molecule has 26 N–H and O–H groups in total. The van der Waals surface area contributed by atoms with E-state index in [1.807, 2.05) is 5.32 Å². The molecule has 9 aliphatic heterocycles. The van der Waals surface area contributed by atoms with Gasteiger partial charge in [-0.05, 0) is 6.08 Å². The lowest BCUT2D eigenvalue weighted by Crippen LogP contribution is -2.71. The average molecular weight is 2090 g/mol. The molecule has 0 aliphatic carbocycles. The zero-order valence-corrected chi connectivity index (χ0v) is 70.6. The molecule has 0 aromatic carbocycles. The molecule has 0 radical (unpaired) electrons. The number of carboxylic acid groups (broad SMARTS) is 4. The molecule has 0 spiro atoms. The highest BCUT2D eigenvalue weighted by Crippen LogP contribution is 2.42. The normalized spacial score (nSPS) is 40.4. The van der Waals surface area contributed by atoms with Crippen LogP contribution in [-0.2, 0) is 218 Å². The van der Waals surface area contributed by atoms with Crippen LogP contribution in [0.1, 0.15) is 6.92 Å². The van der Waals surface area contributed by atoms with E-state index in [0.717, 1.165) is 4.72 Å². The van der Waals surface area contributed by atoms with E-state index in [-0.39, 0.29) is 6.08 Å². The van der Waals surface area contributed by atoms with E-state index in [4.69, 9.17) is 75.8 Å². The van der Waals surface area contributed by atoms with Gasteiger partial charge in [0.25, 0.3) is 0 Å². The average Bonchev–Trinajstić information content (AvgIpc) is 0.887. The minimum Gasteiger partial charge on any atom is -0.479 e. The van der Waals surface area contributed by atoms with Gasteiger partial charge in [-0.15, -0.1) is 0 Å². The fourth-order valence-corrected chi connectivity index (χ4v) is 18.0. The number of carboxylic acids is 4. The largest absolute Gasteiger partial charge is 0.479 e. The first kappa shape index (κ1) is 108. The molecule has 0 unspecified atom stereocenters. The number of aliphatic hydroxyl groups excluding tert-OH is 9. The molecular formula is C50H76N4O67S9. The van der Waals surface area contributed by atoms with E-state index in [1.54, 1.807) is 0 Å². The maximum Gasteiger partial charge on any atom is 0.397 e. The Balaban J connectivity index is 0.999. The number of aliphatic hydroxyl groups is 9. The van der Waals surface area contributed by atoms with Crippen molar-refractivity contribution in [2.24, 2.45) is 0 Å². The van der Waals surface area contributed by atoms with Crippen molar-refractivity contribution in [3.05, 3.63) is 11.8 Å². The van der Waals surface area contributed by atoms with Crippen LogP contribution >= 0.6 is 0 Å². The summed E-state index contributed by atoms with van der Waals surface area (Å²) in [4.78, 5) is 64.5. The van der Waals surface area contributed by atoms with Gasteiger partial charge in [-0.1, -0.05) is 0 Å². The van der Waals surface area contributed by atoms with Gasteiger partial charge in [0.1, 0.15) is 152 Å². The van der Waals surface area contributed by atoms with Crippen molar-refractivity contribution in [2.75, 3.05) is 26.4 Å². The van der Waals surface area contributed by atoms with Crippen molar-refractivity contribution in [2.45, 2.75) is 240 Å². The van der Waals surface area contributed by atoms with Gasteiger partial charge in [0, 0.05) is 6.92 Å². The maximum absolute atomic E-state index is 13.4. The van der Waals surface area contributed by atoms with E-state index in [2.05, 4.69) is 25.1 Å². The summed E-state index contributed by atoms with van der Waals surface area (Å²) in [5.41, 5.74) is 0. The lowest BCUT2D eigenvalue weighted by atomic mass is 9.93. The molecule has 130 heavy (non-hydrogen) atoms. The summed E-state index contributed by atoms with van der Waals surface area (Å²) in [6.45, 7) is -5.77. The summed E-state index contributed by atoms with van der Waals surface area (Å²) in [7, 11) is -53.3. The minimum atomic E-state index is -6.44.